The van der Waals surface area contributed by atoms with Gasteiger partial charge in [-0.15, -0.1) is 0 Å². The summed E-state index contributed by atoms with van der Waals surface area (Å²) in [5, 5.41) is 13.6. The number of carbonyl (C=O) groups is 1. The Morgan fingerprint density at radius 3 is 2.65 bits per heavy atom. The molecule has 20 heavy (non-hydrogen) atoms. The van der Waals surface area contributed by atoms with Gasteiger partial charge >= 0.3 is 0 Å². The zero-order valence-electron chi connectivity index (χ0n) is 11.7. The molecule has 110 valence electrons. The van der Waals surface area contributed by atoms with Crippen molar-refractivity contribution in [1.82, 2.24) is 5.32 Å². The van der Waals surface area contributed by atoms with Gasteiger partial charge in [0, 0.05) is 25.3 Å². The molecule has 0 aliphatic rings. The molecule has 0 atom stereocenters. The minimum atomic E-state index is -0.416. The molecule has 1 rings (SSSR count). The van der Waals surface area contributed by atoms with Gasteiger partial charge in [-0.2, -0.15) is 0 Å². The second-order valence-electron chi connectivity index (χ2n) is 4.95. The van der Waals surface area contributed by atoms with Gasteiger partial charge in [0.1, 0.15) is 0 Å². The molecule has 0 aliphatic heterocycles. The summed E-state index contributed by atoms with van der Waals surface area (Å²) in [6, 6.07) is 4.81. The summed E-state index contributed by atoms with van der Waals surface area (Å²) in [4.78, 5) is 23.8. The van der Waals surface area contributed by atoms with Gasteiger partial charge in [-0.05, 0) is 40.6 Å². The highest BCUT2D eigenvalue weighted by molar-refractivity contribution is 14.1. The molecule has 1 aromatic rings. The molecule has 1 N–H and O–H groups in total. The number of nitro benzene ring substituents is 1. The first-order chi connectivity index (χ1) is 9.31. The lowest BCUT2D eigenvalue weighted by molar-refractivity contribution is -0.385. The molecule has 0 heterocycles. The number of halogens is 1. The van der Waals surface area contributed by atoms with Crippen LogP contribution in [0.25, 0.3) is 0 Å². The van der Waals surface area contributed by atoms with Crippen LogP contribution in [0.3, 0.4) is 0 Å². The molecule has 0 radical (unpaired) electrons. The fraction of sp³-hybridized carbons (Fsp3) is 0.462. The highest BCUT2D eigenvalue weighted by Gasteiger charge is 2.14. The number of anilines is 1. The molecule has 0 spiro atoms. The maximum Gasteiger partial charge on any atom is 0.282 e. The number of nitrogens with one attached hydrogen (secondary N) is 1. The number of carbonyl (C=O) groups excluding carboxylic acids is 1. The number of rotatable bonds is 6. The Bertz CT molecular complexity index is 506. The van der Waals surface area contributed by atoms with Gasteiger partial charge < -0.3 is 10.2 Å². The van der Waals surface area contributed by atoms with Crippen LogP contribution in [-0.4, -0.2) is 31.0 Å². The monoisotopic (exact) mass is 391 g/mol. The average Bonchev–Trinajstić information content (AvgIpc) is 2.35. The molecule has 1 aromatic carbocycles. The first kappa shape index (κ1) is 16.7. The highest BCUT2D eigenvalue weighted by atomic mass is 127. The van der Waals surface area contributed by atoms with Gasteiger partial charge in [0.2, 0.25) is 5.91 Å². The summed E-state index contributed by atoms with van der Waals surface area (Å²) in [6.07, 6.45) is 0. The van der Waals surface area contributed by atoms with Crippen LogP contribution in [0.4, 0.5) is 11.4 Å². The van der Waals surface area contributed by atoms with Crippen LogP contribution in [0, 0.1) is 19.6 Å². The third kappa shape index (κ3) is 4.95. The van der Waals surface area contributed by atoms with Crippen molar-refractivity contribution in [3.05, 3.63) is 31.9 Å². The second-order valence-corrected chi connectivity index (χ2v) is 6.11. The summed E-state index contributed by atoms with van der Waals surface area (Å²) in [5.74, 6) is 0.346. The third-order valence-corrected chi connectivity index (χ3v) is 3.52. The number of nitrogens with zero attached hydrogens (tertiary/aromatic N) is 2. The van der Waals surface area contributed by atoms with E-state index in [0.29, 0.717) is 16.0 Å². The van der Waals surface area contributed by atoms with Crippen molar-refractivity contribution >= 4 is 39.9 Å². The fourth-order valence-electron chi connectivity index (χ4n) is 1.56. The van der Waals surface area contributed by atoms with E-state index in [1.54, 1.807) is 24.1 Å². The van der Waals surface area contributed by atoms with Gasteiger partial charge in [-0.1, -0.05) is 13.8 Å². The normalized spacial score (nSPS) is 10.4. The van der Waals surface area contributed by atoms with Crippen LogP contribution in [0.15, 0.2) is 18.2 Å². The Labute approximate surface area is 131 Å². The van der Waals surface area contributed by atoms with Gasteiger partial charge in [0.05, 0.1) is 15.0 Å². The van der Waals surface area contributed by atoms with Crippen LogP contribution in [-0.2, 0) is 4.79 Å². The van der Waals surface area contributed by atoms with Crippen LogP contribution >= 0.6 is 22.6 Å². The predicted octanol–water partition coefficient (Wildman–Crippen LogP) is 2.41. The van der Waals surface area contributed by atoms with Crippen molar-refractivity contribution in [3.63, 3.8) is 0 Å². The van der Waals surface area contributed by atoms with Crippen LogP contribution in [0.5, 0.6) is 0 Å². The molecule has 0 saturated heterocycles. The number of amides is 1. The minimum Gasteiger partial charge on any atom is -0.365 e. The number of hydrogen-bond donors (Lipinski definition) is 1. The molecule has 6 nitrogen and oxygen atoms in total. The first-order valence-electron chi connectivity index (χ1n) is 6.23. The third-order valence-electron chi connectivity index (χ3n) is 2.66. The van der Waals surface area contributed by atoms with Gasteiger partial charge in [0.25, 0.3) is 5.69 Å². The van der Waals surface area contributed by atoms with Crippen LogP contribution in [0.1, 0.15) is 13.8 Å². The van der Waals surface area contributed by atoms with E-state index in [1.807, 2.05) is 36.4 Å². The summed E-state index contributed by atoms with van der Waals surface area (Å²) < 4.78 is 0.555. The number of hydrogen-bond acceptors (Lipinski definition) is 4. The minimum absolute atomic E-state index is 0.0606. The van der Waals surface area contributed by atoms with E-state index in [0.717, 1.165) is 5.69 Å². The number of likely N-dealkylation sites (N-methyl/N-ethyl adjacent to an activating group) is 1. The lowest BCUT2D eigenvalue weighted by Gasteiger charge is -2.19. The summed E-state index contributed by atoms with van der Waals surface area (Å²) in [5.41, 5.74) is 0.853. The van der Waals surface area contributed by atoms with Crippen molar-refractivity contribution in [2.24, 2.45) is 5.92 Å². The molecule has 0 fully saturated rings. The number of benzene rings is 1. The zero-order chi connectivity index (χ0) is 15.3. The van der Waals surface area contributed by atoms with Crippen molar-refractivity contribution in [1.29, 1.82) is 0 Å². The highest BCUT2D eigenvalue weighted by Crippen LogP contribution is 2.25. The Kier molecular flexibility index (Phi) is 6.18. The van der Waals surface area contributed by atoms with E-state index in [4.69, 9.17) is 0 Å². The maximum absolute atomic E-state index is 11.7. The van der Waals surface area contributed by atoms with Gasteiger partial charge in [0.15, 0.2) is 0 Å². The van der Waals surface area contributed by atoms with Crippen molar-refractivity contribution in [2.45, 2.75) is 13.8 Å². The van der Waals surface area contributed by atoms with Crippen molar-refractivity contribution in [3.8, 4) is 0 Å². The van der Waals surface area contributed by atoms with Crippen molar-refractivity contribution < 1.29 is 9.72 Å². The first-order valence-corrected chi connectivity index (χ1v) is 7.31. The number of nitro groups is 1. The molecule has 0 bridgehead atoms. The Morgan fingerprint density at radius 2 is 2.15 bits per heavy atom. The van der Waals surface area contributed by atoms with E-state index in [-0.39, 0.29) is 18.1 Å². The molecule has 0 aromatic heterocycles. The topological polar surface area (TPSA) is 75.5 Å². The Morgan fingerprint density at radius 1 is 1.50 bits per heavy atom. The Balaban J connectivity index is 2.68. The summed E-state index contributed by atoms with van der Waals surface area (Å²) in [6.45, 7) is 4.93. The van der Waals surface area contributed by atoms with Gasteiger partial charge in [-0.3, -0.25) is 14.9 Å². The van der Waals surface area contributed by atoms with Crippen molar-refractivity contribution in [2.75, 3.05) is 25.0 Å². The second kappa shape index (κ2) is 7.41. The molecule has 1 amide bonds. The fourth-order valence-corrected chi connectivity index (χ4v) is 2.26. The molecule has 0 saturated carbocycles. The van der Waals surface area contributed by atoms with Gasteiger partial charge in [-0.25, -0.2) is 0 Å². The maximum atomic E-state index is 11.7. The average molecular weight is 391 g/mol. The largest absolute Gasteiger partial charge is 0.365 e. The lowest BCUT2D eigenvalue weighted by Crippen LogP contribution is -2.36. The molecule has 7 heteroatoms. The molecular formula is C13H18IN3O3. The van der Waals surface area contributed by atoms with E-state index in [2.05, 4.69) is 5.32 Å². The quantitative estimate of drug-likeness (QED) is 0.459. The summed E-state index contributed by atoms with van der Waals surface area (Å²) in [7, 11) is 1.78. The standard InChI is InChI=1S/C13H18IN3O3/c1-9(2)7-15-13(18)8-16(3)10-4-5-12(17(19)20)11(14)6-10/h4-6,9H,7-8H2,1-3H3,(H,15,18). The van der Waals surface area contributed by atoms with E-state index in [1.165, 1.54) is 6.07 Å². The van der Waals surface area contributed by atoms with E-state index < -0.39 is 4.92 Å². The molecular weight excluding hydrogens is 373 g/mol. The molecule has 0 unspecified atom stereocenters. The lowest BCUT2D eigenvalue weighted by atomic mass is 10.2. The Hall–Kier alpha value is -1.38. The van der Waals surface area contributed by atoms with E-state index >= 15 is 0 Å². The predicted molar refractivity (Wildman–Crippen MR) is 86.9 cm³/mol. The zero-order valence-corrected chi connectivity index (χ0v) is 13.9. The van der Waals surface area contributed by atoms with E-state index in [9.17, 15) is 14.9 Å². The van der Waals surface area contributed by atoms with Crippen LogP contribution < -0.4 is 10.2 Å². The summed E-state index contributed by atoms with van der Waals surface area (Å²) >= 11 is 1.92. The smallest absolute Gasteiger partial charge is 0.282 e. The molecule has 0 aliphatic carbocycles. The van der Waals surface area contributed by atoms with Crippen LogP contribution in [0.2, 0.25) is 0 Å². The SMILES string of the molecule is CC(C)CNC(=O)CN(C)c1ccc([N+](=O)[O-])c(I)c1.